The number of fused-ring (bicyclic) bond motifs is 1. The summed E-state index contributed by atoms with van der Waals surface area (Å²) >= 11 is 0. The average molecular weight is 338 g/mol. The lowest BCUT2D eigenvalue weighted by molar-refractivity contribution is -0.117. The summed E-state index contributed by atoms with van der Waals surface area (Å²) < 4.78 is 5.78. The molecule has 0 atom stereocenters. The van der Waals surface area contributed by atoms with Gasteiger partial charge >= 0.3 is 0 Å². The second-order valence-corrected chi connectivity index (χ2v) is 6.35. The molecule has 0 aliphatic carbocycles. The summed E-state index contributed by atoms with van der Waals surface area (Å²) in [7, 11) is 0. The van der Waals surface area contributed by atoms with Crippen LogP contribution < -0.4 is 10.5 Å². The summed E-state index contributed by atoms with van der Waals surface area (Å²) in [6, 6.07) is 13.5. The van der Waals surface area contributed by atoms with Crippen LogP contribution in [0.2, 0.25) is 0 Å². The number of carbonyl (C=O) groups is 2. The molecule has 0 aromatic heterocycles. The summed E-state index contributed by atoms with van der Waals surface area (Å²) in [6.45, 7) is 3.47. The Bertz CT molecular complexity index is 801. The van der Waals surface area contributed by atoms with Gasteiger partial charge < -0.3 is 15.4 Å². The Morgan fingerprint density at radius 1 is 1.20 bits per heavy atom. The predicted molar refractivity (Wildman–Crippen MR) is 95.4 cm³/mol. The van der Waals surface area contributed by atoms with E-state index >= 15 is 0 Å². The Hall–Kier alpha value is -2.82. The first-order chi connectivity index (χ1) is 12.0. The second-order valence-electron chi connectivity index (χ2n) is 6.35. The van der Waals surface area contributed by atoms with Crippen molar-refractivity contribution in [3.05, 3.63) is 64.7 Å². The van der Waals surface area contributed by atoms with E-state index in [9.17, 15) is 9.59 Å². The van der Waals surface area contributed by atoms with Gasteiger partial charge in [-0.2, -0.15) is 0 Å². The lowest BCUT2D eigenvalue weighted by Gasteiger charge is -2.20. The molecule has 0 bridgehead atoms. The number of nitrogens with two attached hydrogens (primary N) is 1. The molecular formula is C20H22N2O3. The van der Waals surface area contributed by atoms with Gasteiger partial charge in [0, 0.05) is 24.1 Å². The molecule has 1 heterocycles. The topological polar surface area (TPSA) is 72.6 Å². The van der Waals surface area contributed by atoms with E-state index in [0.717, 1.165) is 22.4 Å². The highest BCUT2D eigenvalue weighted by Crippen LogP contribution is 2.26. The molecule has 5 heteroatoms. The van der Waals surface area contributed by atoms with E-state index in [1.807, 2.05) is 49.4 Å². The number of nitrogens with zero attached hydrogens (tertiary/aromatic N) is 1. The molecular weight excluding hydrogens is 316 g/mol. The van der Waals surface area contributed by atoms with E-state index in [4.69, 9.17) is 10.5 Å². The maximum Gasteiger partial charge on any atom is 0.254 e. The molecule has 2 N–H and O–H groups in total. The monoisotopic (exact) mass is 338 g/mol. The minimum absolute atomic E-state index is 0.00249. The first-order valence-electron chi connectivity index (χ1n) is 8.42. The Morgan fingerprint density at radius 2 is 2.04 bits per heavy atom. The van der Waals surface area contributed by atoms with Crippen molar-refractivity contribution in [1.29, 1.82) is 0 Å². The number of amides is 2. The molecule has 2 aromatic carbocycles. The standard InChI is InChI=1S/C20H22N2O3/c1-14-3-2-4-16(11-14)20(24)22-9-10-25-18-7-5-15(6-8-19(21)23)12-17(18)13-22/h2-5,7,11-12H,6,8-10,13H2,1H3,(H2,21,23). The lowest BCUT2D eigenvalue weighted by Crippen LogP contribution is -2.32. The van der Waals surface area contributed by atoms with E-state index in [1.165, 1.54) is 0 Å². The average Bonchev–Trinajstić information content (AvgIpc) is 2.81. The van der Waals surface area contributed by atoms with Crippen molar-refractivity contribution in [2.75, 3.05) is 13.2 Å². The van der Waals surface area contributed by atoms with Crippen molar-refractivity contribution < 1.29 is 14.3 Å². The highest BCUT2D eigenvalue weighted by molar-refractivity contribution is 5.94. The predicted octanol–water partition coefficient (Wildman–Crippen LogP) is 2.45. The van der Waals surface area contributed by atoms with Gasteiger partial charge in [-0.1, -0.05) is 29.8 Å². The minimum atomic E-state index is -0.317. The van der Waals surface area contributed by atoms with E-state index < -0.39 is 0 Å². The van der Waals surface area contributed by atoms with Crippen LogP contribution >= 0.6 is 0 Å². The zero-order chi connectivity index (χ0) is 17.8. The number of aryl methyl sites for hydroxylation is 2. The van der Waals surface area contributed by atoms with Crippen LogP contribution in [0, 0.1) is 6.92 Å². The first kappa shape index (κ1) is 17.0. The lowest BCUT2D eigenvalue weighted by atomic mass is 10.0. The Labute approximate surface area is 147 Å². The van der Waals surface area contributed by atoms with Crippen LogP contribution in [-0.2, 0) is 17.8 Å². The fraction of sp³-hybridized carbons (Fsp3) is 0.300. The fourth-order valence-electron chi connectivity index (χ4n) is 3.00. The van der Waals surface area contributed by atoms with Gasteiger partial charge in [0.2, 0.25) is 5.91 Å². The van der Waals surface area contributed by atoms with Crippen molar-refractivity contribution in [2.24, 2.45) is 5.73 Å². The Morgan fingerprint density at radius 3 is 2.80 bits per heavy atom. The molecule has 5 nitrogen and oxygen atoms in total. The van der Waals surface area contributed by atoms with Crippen LogP contribution in [0.5, 0.6) is 5.75 Å². The molecule has 25 heavy (non-hydrogen) atoms. The van der Waals surface area contributed by atoms with E-state index in [1.54, 1.807) is 4.90 Å². The van der Waals surface area contributed by atoms with Crippen LogP contribution in [0.25, 0.3) is 0 Å². The van der Waals surface area contributed by atoms with Crippen LogP contribution in [0.1, 0.15) is 33.5 Å². The van der Waals surface area contributed by atoms with Crippen molar-refractivity contribution in [1.82, 2.24) is 4.90 Å². The Balaban J connectivity index is 1.80. The molecule has 2 amide bonds. The van der Waals surface area contributed by atoms with Gasteiger partial charge in [0.05, 0.1) is 6.54 Å². The van der Waals surface area contributed by atoms with Crippen molar-refractivity contribution in [3.63, 3.8) is 0 Å². The van der Waals surface area contributed by atoms with E-state index in [2.05, 4.69) is 0 Å². The van der Waals surface area contributed by atoms with Gasteiger partial charge in [-0.25, -0.2) is 0 Å². The van der Waals surface area contributed by atoms with Crippen LogP contribution in [-0.4, -0.2) is 29.9 Å². The molecule has 0 unspecified atom stereocenters. The highest BCUT2D eigenvalue weighted by Gasteiger charge is 2.21. The van der Waals surface area contributed by atoms with Crippen molar-refractivity contribution in [2.45, 2.75) is 26.3 Å². The quantitative estimate of drug-likeness (QED) is 0.931. The van der Waals surface area contributed by atoms with Gasteiger partial charge in [-0.05, 0) is 37.1 Å². The van der Waals surface area contributed by atoms with Crippen LogP contribution in [0.15, 0.2) is 42.5 Å². The molecule has 0 spiro atoms. The van der Waals surface area contributed by atoms with Gasteiger partial charge in [0.15, 0.2) is 0 Å². The normalized spacial score (nSPS) is 13.6. The number of hydrogen-bond acceptors (Lipinski definition) is 3. The Kier molecular flexibility index (Phi) is 5.03. The SMILES string of the molecule is Cc1cccc(C(=O)N2CCOc3ccc(CCC(N)=O)cc3C2)c1. The number of primary amides is 1. The minimum Gasteiger partial charge on any atom is -0.491 e. The van der Waals surface area contributed by atoms with Crippen molar-refractivity contribution in [3.8, 4) is 5.75 Å². The molecule has 2 aromatic rings. The first-order valence-corrected chi connectivity index (χ1v) is 8.42. The fourth-order valence-corrected chi connectivity index (χ4v) is 3.00. The zero-order valence-electron chi connectivity index (χ0n) is 14.3. The number of ether oxygens (including phenoxy) is 1. The number of hydrogen-bond donors (Lipinski definition) is 1. The molecule has 0 saturated carbocycles. The van der Waals surface area contributed by atoms with Crippen LogP contribution in [0.4, 0.5) is 0 Å². The number of rotatable bonds is 4. The van der Waals surface area contributed by atoms with E-state index in [0.29, 0.717) is 38.1 Å². The smallest absolute Gasteiger partial charge is 0.254 e. The maximum atomic E-state index is 12.8. The third-order valence-electron chi connectivity index (χ3n) is 4.32. The van der Waals surface area contributed by atoms with Crippen molar-refractivity contribution >= 4 is 11.8 Å². The largest absolute Gasteiger partial charge is 0.491 e. The molecule has 0 saturated heterocycles. The number of benzene rings is 2. The van der Waals surface area contributed by atoms with E-state index in [-0.39, 0.29) is 11.8 Å². The molecule has 0 fully saturated rings. The van der Waals surface area contributed by atoms with Gasteiger partial charge in [0.25, 0.3) is 5.91 Å². The third-order valence-corrected chi connectivity index (χ3v) is 4.32. The molecule has 1 aliphatic heterocycles. The van der Waals surface area contributed by atoms with Gasteiger partial charge in [-0.3, -0.25) is 9.59 Å². The summed E-state index contributed by atoms with van der Waals surface area (Å²) in [5.41, 5.74) is 8.95. The zero-order valence-corrected chi connectivity index (χ0v) is 14.3. The molecule has 3 rings (SSSR count). The van der Waals surface area contributed by atoms with Crippen LogP contribution in [0.3, 0.4) is 0 Å². The maximum absolute atomic E-state index is 12.8. The summed E-state index contributed by atoms with van der Waals surface area (Å²) in [5.74, 6) is 0.479. The number of carbonyl (C=O) groups excluding carboxylic acids is 2. The summed E-state index contributed by atoms with van der Waals surface area (Å²) in [4.78, 5) is 25.6. The molecule has 1 aliphatic rings. The highest BCUT2D eigenvalue weighted by atomic mass is 16.5. The van der Waals surface area contributed by atoms with Gasteiger partial charge in [-0.15, -0.1) is 0 Å². The molecule has 0 radical (unpaired) electrons. The van der Waals surface area contributed by atoms with Gasteiger partial charge in [0.1, 0.15) is 12.4 Å². The molecule has 130 valence electrons. The summed E-state index contributed by atoms with van der Waals surface area (Å²) in [6.07, 6.45) is 0.903. The summed E-state index contributed by atoms with van der Waals surface area (Å²) in [5, 5.41) is 0. The second kappa shape index (κ2) is 7.38. The third kappa shape index (κ3) is 4.18.